The third kappa shape index (κ3) is 3.64. The number of nitrogens with one attached hydrogen (secondary N) is 1. The van der Waals surface area contributed by atoms with Crippen LogP contribution >= 0.6 is 23.3 Å². The molecule has 7 heteroatoms. The number of hydrogen-bond acceptors (Lipinski definition) is 7. The van der Waals surface area contributed by atoms with E-state index < -0.39 is 0 Å². The zero-order valence-corrected chi connectivity index (χ0v) is 12.0. The van der Waals surface area contributed by atoms with Crippen molar-refractivity contribution in [2.24, 2.45) is 0 Å². The summed E-state index contributed by atoms with van der Waals surface area (Å²) in [5.74, 6) is 1.75. The van der Waals surface area contributed by atoms with Crippen LogP contribution < -0.4 is 5.32 Å². The van der Waals surface area contributed by atoms with Gasteiger partial charge in [0.2, 0.25) is 0 Å². The topological polar surface area (TPSA) is 63.6 Å². The predicted molar refractivity (Wildman–Crippen MR) is 74.2 cm³/mol. The molecule has 5 nitrogen and oxygen atoms in total. The van der Waals surface area contributed by atoms with Gasteiger partial charge in [-0.2, -0.15) is 4.37 Å². The van der Waals surface area contributed by atoms with Gasteiger partial charge in [0.1, 0.15) is 23.0 Å². The smallest absolute Gasteiger partial charge is 0.176 e. The highest BCUT2D eigenvalue weighted by atomic mass is 32.2. The van der Waals surface area contributed by atoms with Crippen LogP contribution in [0.4, 0.5) is 5.82 Å². The van der Waals surface area contributed by atoms with E-state index >= 15 is 0 Å². The highest BCUT2D eigenvalue weighted by molar-refractivity contribution is 8.00. The molecule has 0 aliphatic heterocycles. The minimum atomic E-state index is 0.856. The van der Waals surface area contributed by atoms with E-state index in [-0.39, 0.29) is 0 Å². The SMILES string of the molecule is CCCNc1cc(Sc2nc(CC)ns2)ncn1. The lowest BCUT2D eigenvalue weighted by molar-refractivity contribution is 0.950. The number of rotatable bonds is 6. The number of aryl methyl sites for hydroxylation is 1. The van der Waals surface area contributed by atoms with Crippen molar-refractivity contribution < 1.29 is 0 Å². The third-order valence-corrected chi connectivity index (χ3v) is 3.88. The highest BCUT2D eigenvalue weighted by Gasteiger charge is 2.06. The largest absolute Gasteiger partial charge is 0.370 e. The first-order valence-corrected chi connectivity index (χ1v) is 7.47. The van der Waals surface area contributed by atoms with E-state index in [1.165, 1.54) is 23.3 Å². The van der Waals surface area contributed by atoms with E-state index in [4.69, 9.17) is 0 Å². The quantitative estimate of drug-likeness (QED) is 0.821. The molecule has 0 saturated carbocycles. The van der Waals surface area contributed by atoms with E-state index in [1.54, 1.807) is 6.33 Å². The number of nitrogens with zero attached hydrogens (tertiary/aromatic N) is 4. The van der Waals surface area contributed by atoms with Gasteiger partial charge in [-0.05, 0) is 29.7 Å². The molecule has 2 aromatic heterocycles. The number of aromatic nitrogens is 4. The van der Waals surface area contributed by atoms with Crippen LogP contribution in [0.15, 0.2) is 21.8 Å². The van der Waals surface area contributed by atoms with Crippen LogP contribution in [0.3, 0.4) is 0 Å². The Morgan fingerprint density at radius 1 is 1.33 bits per heavy atom. The van der Waals surface area contributed by atoms with E-state index in [9.17, 15) is 0 Å². The summed E-state index contributed by atoms with van der Waals surface area (Å²) in [5.41, 5.74) is 0. The predicted octanol–water partition coefficient (Wildman–Crippen LogP) is 2.86. The van der Waals surface area contributed by atoms with Gasteiger partial charge in [0.25, 0.3) is 0 Å². The van der Waals surface area contributed by atoms with Gasteiger partial charge in [-0.15, -0.1) is 0 Å². The van der Waals surface area contributed by atoms with Gasteiger partial charge in [0.05, 0.1) is 0 Å². The van der Waals surface area contributed by atoms with Crippen LogP contribution in [0.25, 0.3) is 0 Å². The average molecular weight is 281 g/mol. The van der Waals surface area contributed by atoms with Crippen molar-refractivity contribution in [3.63, 3.8) is 0 Å². The molecule has 1 N–H and O–H groups in total. The molecule has 0 aromatic carbocycles. The summed E-state index contributed by atoms with van der Waals surface area (Å²) in [6, 6.07) is 1.94. The third-order valence-electron chi connectivity index (χ3n) is 2.16. The zero-order valence-electron chi connectivity index (χ0n) is 10.4. The first-order chi connectivity index (χ1) is 8.81. The van der Waals surface area contributed by atoms with Crippen molar-refractivity contribution in [1.29, 1.82) is 0 Å². The molecular formula is C11H15N5S2. The maximum atomic E-state index is 4.41. The second kappa shape index (κ2) is 6.65. The Hall–Kier alpha value is -1.21. The first-order valence-electron chi connectivity index (χ1n) is 5.88. The summed E-state index contributed by atoms with van der Waals surface area (Å²) in [6.45, 7) is 5.09. The molecule has 96 valence electrons. The van der Waals surface area contributed by atoms with Crippen molar-refractivity contribution in [3.05, 3.63) is 18.2 Å². The van der Waals surface area contributed by atoms with Gasteiger partial charge in [0.15, 0.2) is 4.34 Å². The Morgan fingerprint density at radius 3 is 2.94 bits per heavy atom. The molecule has 0 spiro atoms. The van der Waals surface area contributed by atoms with Crippen molar-refractivity contribution in [2.45, 2.75) is 36.1 Å². The van der Waals surface area contributed by atoms with Gasteiger partial charge >= 0.3 is 0 Å². The molecule has 0 atom stereocenters. The van der Waals surface area contributed by atoms with Gasteiger partial charge in [-0.3, -0.25) is 0 Å². The molecule has 18 heavy (non-hydrogen) atoms. The number of anilines is 1. The molecule has 0 bridgehead atoms. The fraction of sp³-hybridized carbons (Fsp3) is 0.455. The molecule has 0 fully saturated rings. The van der Waals surface area contributed by atoms with E-state index in [0.717, 1.165) is 40.4 Å². The van der Waals surface area contributed by atoms with Crippen molar-refractivity contribution in [3.8, 4) is 0 Å². The molecule has 2 heterocycles. The van der Waals surface area contributed by atoms with Crippen LogP contribution in [0.5, 0.6) is 0 Å². The number of hydrogen-bond donors (Lipinski definition) is 1. The average Bonchev–Trinajstić information content (AvgIpc) is 2.84. The maximum absolute atomic E-state index is 4.41. The van der Waals surface area contributed by atoms with Crippen LogP contribution in [0, 0.1) is 0 Å². The summed E-state index contributed by atoms with van der Waals surface area (Å²) < 4.78 is 5.18. The van der Waals surface area contributed by atoms with E-state index in [0.29, 0.717) is 0 Å². The summed E-state index contributed by atoms with van der Waals surface area (Å²) in [6.07, 6.45) is 3.51. The van der Waals surface area contributed by atoms with Crippen LogP contribution in [-0.4, -0.2) is 25.9 Å². The standard InChI is InChI=1S/C11H15N5S2/c1-3-5-12-9-6-10(14-7-13-9)17-11-15-8(4-2)16-18-11/h6-7H,3-5H2,1-2H3,(H,12,13,14). The molecule has 0 unspecified atom stereocenters. The maximum Gasteiger partial charge on any atom is 0.176 e. The Labute approximate surface area is 115 Å². The summed E-state index contributed by atoms with van der Waals surface area (Å²) >= 11 is 2.94. The molecule has 0 aliphatic carbocycles. The summed E-state index contributed by atoms with van der Waals surface area (Å²) in [5, 5.41) is 4.13. The minimum absolute atomic E-state index is 0.856. The fourth-order valence-electron chi connectivity index (χ4n) is 1.26. The Kier molecular flexibility index (Phi) is 4.89. The molecule has 0 amide bonds. The van der Waals surface area contributed by atoms with E-state index in [1.807, 2.05) is 13.0 Å². The molecule has 2 rings (SSSR count). The van der Waals surface area contributed by atoms with E-state index in [2.05, 4.69) is 31.6 Å². The zero-order chi connectivity index (χ0) is 12.8. The molecular weight excluding hydrogens is 266 g/mol. The first kappa shape index (κ1) is 13.2. The Bertz CT molecular complexity index is 500. The van der Waals surface area contributed by atoms with Gasteiger partial charge in [-0.1, -0.05) is 13.8 Å². The molecule has 0 radical (unpaired) electrons. The molecule has 0 aliphatic rings. The Morgan fingerprint density at radius 2 is 2.22 bits per heavy atom. The second-order valence-electron chi connectivity index (χ2n) is 3.60. The van der Waals surface area contributed by atoms with Gasteiger partial charge in [0, 0.05) is 19.0 Å². The lowest BCUT2D eigenvalue weighted by Crippen LogP contribution is -2.02. The fourth-order valence-corrected chi connectivity index (χ4v) is 2.87. The summed E-state index contributed by atoms with van der Waals surface area (Å²) in [4.78, 5) is 12.8. The minimum Gasteiger partial charge on any atom is -0.370 e. The molecule has 2 aromatic rings. The van der Waals surface area contributed by atoms with Crippen LogP contribution in [0.2, 0.25) is 0 Å². The normalized spacial score (nSPS) is 10.6. The van der Waals surface area contributed by atoms with Crippen LogP contribution in [0.1, 0.15) is 26.1 Å². The van der Waals surface area contributed by atoms with Crippen LogP contribution in [-0.2, 0) is 6.42 Å². The van der Waals surface area contributed by atoms with Crippen molar-refractivity contribution >= 4 is 29.1 Å². The van der Waals surface area contributed by atoms with Crippen molar-refractivity contribution in [2.75, 3.05) is 11.9 Å². The molecule has 0 saturated heterocycles. The Balaban J connectivity index is 2.04. The van der Waals surface area contributed by atoms with Gasteiger partial charge in [-0.25, -0.2) is 15.0 Å². The highest BCUT2D eigenvalue weighted by Crippen LogP contribution is 2.28. The summed E-state index contributed by atoms with van der Waals surface area (Å²) in [7, 11) is 0. The second-order valence-corrected chi connectivity index (χ2v) is 5.62. The van der Waals surface area contributed by atoms with Gasteiger partial charge < -0.3 is 5.32 Å². The lowest BCUT2D eigenvalue weighted by atomic mass is 10.4. The lowest BCUT2D eigenvalue weighted by Gasteiger charge is -2.03. The monoisotopic (exact) mass is 281 g/mol. The van der Waals surface area contributed by atoms with Crippen molar-refractivity contribution in [1.82, 2.24) is 19.3 Å².